The van der Waals surface area contributed by atoms with Gasteiger partial charge >= 0.3 is 0 Å². The van der Waals surface area contributed by atoms with Crippen molar-refractivity contribution in [3.05, 3.63) is 48.0 Å². The fourth-order valence-electron chi connectivity index (χ4n) is 1.60. The number of rotatable bonds is 5. The van der Waals surface area contributed by atoms with Crippen LogP contribution in [0.1, 0.15) is 22.3 Å². The van der Waals surface area contributed by atoms with Crippen LogP contribution in [0.15, 0.2) is 36.9 Å². The molecule has 0 aliphatic carbocycles. The highest BCUT2D eigenvalue weighted by Crippen LogP contribution is 2.02. The van der Waals surface area contributed by atoms with Crippen LogP contribution in [0.2, 0.25) is 0 Å². The van der Waals surface area contributed by atoms with Crippen molar-refractivity contribution >= 4 is 5.91 Å². The van der Waals surface area contributed by atoms with Crippen molar-refractivity contribution < 1.29 is 4.79 Å². The SMILES string of the molecule is Cc1ccc(C(=O)NCCCn2cncn2)cc1. The molecule has 18 heavy (non-hydrogen) atoms. The van der Waals surface area contributed by atoms with Crippen molar-refractivity contribution in [2.75, 3.05) is 6.54 Å². The lowest BCUT2D eigenvalue weighted by atomic mass is 10.1. The number of amides is 1. The van der Waals surface area contributed by atoms with Crippen LogP contribution < -0.4 is 5.32 Å². The second kappa shape index (κ2) is 5.95. The summed E-state index contributed by atoms with van der Waals surface area (Å²) in [4.78, 5) is 15.6. The van der Waals surface area contributed by atoms with E-state index in [-0.39, 0.29) is 5.91 Å². The van der Waals surface area contributed by atoms with E-state index in [9.17, 15) is 4.79 Å². The van der Waals surface area contributed by atoms with Crippen molar-refractivity contribution in [3.63, 3.8) is 0 Å². The van der Waals surface area contributed by atoms with Crippen molar-refractivity contribution in [1.29, 1.82) is 0 Å². The molecule has 0 spiro atoms. The summed E-state index contributed by atoms with van der Waals surface area (Å²) in [5, 5.41) is 6.87. The van der Waals surface area contributed by atoms with Gasteiger partial charge in [0.15, 0.2) is 0 Å². The molecule has 0 fully saturated rings. The summed E-state index contributed by atoms with van der Waals surface area (Å²) < 4.78 is 1.75. The Morgan fingerprint density at radius 3 is 2.78 bits per heavy atom. The molecule has 0 atom stereocenters. The van der Waals surface area contributed by atoms with Gasteiger partial charge in [0.1, 0.15) is 12.7 Å². The maximum atomic E-state index is 11.8. The molecule has 5 heteroatoms. The predicted octanol–water partition coefficient (Wildman–Crippen LogP) is 1.41. The van der Waals surface area contributed by atoms with Gasteiger partial charge in [-0.05, 0) is 25.5 Å². The number of aromatic nitrogens is 3. The number of hydrogen-bond donors (Lipinski definition) is 1. The van der Waals surface area contributed by atoms with Crippen molar-refractivity contribution in [1.82, 2.24) is 20.1 Å². The maximum Gasteiger partial charge on any atom is 0.251 e. The minimum Gasteiger partial charge on any atom is -0.352 e. The molecule has 1 heterocycles. The molecule has 1 aromatic heterocycles. The molecule has 0 bridgehead atoms. The number of carbonyl (C=O) groups excluding carboxylic acids is 1. The Balaban J connectivity index is 1.73. The van der Waals surface area contributed by atoms with E-state index in [2.05, 4.69) is 15.4 Å². The minimum absolute atomic E-state index is 0.0337. The summed E-state index contributed by atoms with van der Waals surface area (Å²) in [5.74, 6) is -0.0337. The van der Waals surface area contributed by atoms with Gasteiger partial charge < -0.3 is 5.32 Å². The summed E-state index contributed by atoms with van der Waals surface area (Å²) in [5.41, 5.74) is 1.85. The maximum absolute atomic E-state index is 11.8. The highest BCUT2D eigenvalue weighted by Gasteiger charge is 2.03. The van der Waals surface area contributed by atoms with Gasteiger partial charge in [-0.1, -0.05) is 17.7 Å². The van der Waals surface area contributed by atoms with Crippen LogP contribution >= 0.6 is 0 Å². The fraction of sp³-hybridized carbons (Fsp3) is 0.308. The van der Waals surface area contributed by atoms with Gasteiger partial charge in [0.2, 0.25) is 0 Å². The summed E-state index contributed by atoms with van der Waals surface area (Å²) in [6.45, 7) is 3.39. The summed E-state index contributed by atoms with van der Waals surface area (Å²) >= 11 is 0. The van der Waals surface area contributed by atoms with Crippen molar-refractivity contribution in [2.45, 2.75) is 19.9 Å². The van der Waals surface area contributed by atoms with Gasteiger partial charge in [-0.15, -0.1) is 0 Å². The zero-order valence-corrected chi connectivity index (χ0v) is 10.3. The fourth-order valence-corrected chi connectivity index (χ4v) is 1.60. The Kier molecular flexibility index (Phi) is 4.06. The quantitative estimate of drug-likeness (QED) is 0.809. The minimum atomic E-state index is -0.0337. The molecule has 0 aliphatic rings. The molecule has 1 amide bonds. The predicted molar refractivity (Wildman–Crippen MR) is 68.2 cm³/mol. The Morgan fingerprint density at radius 1 is 1.33 bits per heavy atom. The molecule has 1 aromatic carbocycles. The van der Waals surface area contributed by atoms with Gasteiger partial charge in [0, 0.05) is 18.7 Å². The lowest BCUT2D eigenvalue weighted by molar-refractivity contribution is 0.0952. The highest BCUT2D eigenvalue weighted by molar-refractivity contribution is 5.94. The molecule has 2 aromatic rings. The third-order valence-electron chi connectivity index (χ3n) is 2.63. The van der Waals surface area contributed by atoms with E-state index in [1.54, 1.807) is 11.0 Å². The molecule has 0 unspecified atom stereocenters. The molecule has 0 radical (unpaired) electrons. The lowest BCUT2D eigenvalue weighted by Gasteiger charge is -2.05. The molecular weight excluding hydrogens is 228 g/mol. The Bertz CT molecular complexity index is 490. The zero-order chi connectivity index (χ0) is 12.8. The number of nitrogens with zero attached hydrogens (tertiary/aromatic N) is 3. The largest absolute Gasteiger partial charge is 0.352 e. The molecular formula is C13H16N4O. The van der Waals surface area contributed by atoms with Gasteiger partial charge in [0.25, 0.3) is 5.91 Å². The van der Waals surface area contributed by atoms with Crippen LogP contribution in [0.5, 0.6) is 0 Å². The molecule has 2 rings (SSSR count). The van der Waals surface area contributed by atoms with Crippen LogP contribution in [0.3, 0.4) is 0 Å². The van der Waals surface area contributed by atoms with E-state index in [1.807, 2.05) is 31.2 Å². The third kappa shape index (κ3) is 3.41. The first-order chi connectivity index (χ1) is 8.75. The molecule has 0 aliphatic heterocycles. The zero-order valence-electron chi connectivity index (χ0n) is 10.3. The van der Waals surface area contributed by atoms with Crippen molar-refractivity contribution in [2.24, 2.45) is 0 Å². The van der Waals surface area contributed by atoms with Crippen LogP contribution in [0.4, 0.5) is 0 Å². The lowest BCUT2D eigenvalue weighted by Crippen LogP contribution is -2.25. The van der Waals surface area contributed by atoms with Gasteiger partial charge in [-0.25, -0.2) is 4.98 Å². The first-order valence-electron chi connectivity index (χ1n) is 5.93. The average Bonchev–Trinajstić information content (AvgIpc) is 2.88. The van der Waals surface area contributed by atoms with Crippen molar-refractivity contribution in [3.8, 4) is 0 Å². The molecule has 1 N–H and O–H groups in total. The number of benzene rings is 1. The number of nitrogens with one attached hydrogen (secondary N) is 1. The second-order valence-corrected chi connectivity index (χ2v) is 4.13. The Morgan fingerprint density at radius 2 is 2.11 bits per heavy atom. The highest BCUT2D eigenvalue weighted by atomic mass is 16.1. The van der Waals surface area contributed by atoms with E-state index in [1.165, 1.54) is 6.33 Å². The normalized spacial score (nSPS) is 10.3. The molecule has 0 saturated carbocycles. The van der Waals surface area contributed by atoms with E-state index >= 15 is 0 Å². The standard InChI is InChI=1S/C13H16N4O/c1-11-3-5-12(6-4-11)13(18)15-7-2-8-17-10-14-9-16-17/h3-6,9-10H,2,7-8H2,1H3,(H,15,18). The third-order valence-corrected chi connectivity index (χ3v) is 2.63. The van der Waals surface area contributed by atoms with Gasteiger partial charge in [0.05, 0.1) is 0 Å². The Hall–Kier alpha value is -2.17. The van der Waals surface area contributed by atoms with E-state index in [0.29, 0.717) is 12.1 Å². The monoisotopic (exact) mass is 244 g/mol. The summed E-state index contributed by atoms with van der Waals surface area (Å²) in [7, 11) is 0. The van der Waals surface area contributed by atoms with Gasteiger partial charge in [-0.3, -0.25) is 9.48 Å². The topological polar surface area (TPSA) is 59.8 Å². The van der Waals surface area contributed by atoms with E-state index < -0.39 is 0 Å². The summed E-state index contributed by atoms with van der Waals surface area (Å²) in [6.07, 6.45) is 4.01. The van der Waals surface area contributed by atoms with Crippen LogP contribution in [-0.2, 0) is 6.54 Å². The van der Waals surface area contributed by atoms with Gasteiger partial charge in [-0.2, -0.15) is 5.10 Å². The molecule has 5 nitrogen and oxygen atoms in total. The number of aryl methyl sites for hydroxylation is 2. The number of hydrogen-bond acceptors (Lipinski definition) is 3. The smallest absolute Gasteiger partial charge is 0.251 e. The van der Waals surface area contributed by atoms with Crippen LogP contribution in [0.25, 0.3) is 0 Å². The van der Waals surface area contributed by atoms with E-state index in [0.717, 1.165) is 18.5 Å². The molecule has 0 saturated heterocycles. The van der Waals surface area contributed by atoms with Crippen LogP contribution in [-0.4, -0.2) is 27.2 Å². The average molecular weight is 244 g/mol. The number of carbonyl (C=O) groups is 1. The molecule has 94 valence electrons. The van der Waals surface area contributed by atoms with Crippen LogP contribution in [0, 0.1) is 6.92 Å². The Labute approximate surface area is 106 Å². The summed E-state index contributed by atoms with van der Waals surface area (Å²) in [6, 6.07) is 7.54. The first kappa shape index (κ1) is 12.3. The first-order valence-corrected chi connectivity index (χ1v) is 5.93. The second-order valence-electron chi connectivity index (χ2n) is 4.13. The van der Waals surface area contributed by atoms with E-state index in [4.69, 9.17) is 0 Å².